The first kappa shape index (κ1) is 23.3. The van der Waals surface area contributed by atoms with Crippen molar-refractivity contribution in [3.8, 4) is 11.5 Å². The van der Waals surface area contributed by atoms with Gasteiger partial charge in [-0.15, -0.1) is 0 Å². The first-order valence-electron chi connectivity index (χ1n) is 9.40. The van der Waals surface area contributed by atoms with E-state index in [2.05, 4.69) is 31.8 Å². The smallest absolute Gasteiger partial charge is 0.275 e. The molecule has 0 aromatic heterocycles. The van der Waals surface area contributed by atoms with Crippen molar-refractivity contribution in [1.82, 2.24) is 5.43 Å². The minimum atomic E-state index is -0.398. The molecule has 0 aliphatic heterocycles. The van der Waals surface area contributed by atoms with E-state index >= 15 is 0 Å². The largest absolute Gasteiger partial charge is 0.496 e. The summed E-state index contributed by atoms with van der Waals surface area (Å²) in [7, 11) is 1.49. The number of hydrogen-bond acceptors (Lipinski definition) is 5. The van der Waals surface area contributed by atoms with Crippen molar-refractivity contribution in [2.24, 2.45) is 5.10 Å². The zero-order chi connectivity index (χ0) is 22.9. The van der Waals surface area contributed by atoms with Crippen LogP contribution in [0.4, 0.5) is 5.69 Å². The third kappa shape index (κ3) is 6.83. The number of anilines is 1. The van der Waals surface area contributed by atoms with E-state index in [1.54, 1.807) is 66.7 Å². The number of amides is 2. The molecule has 0 radical (unpaired) electrons. The van der Waals surface area contributed by atoms with Crippen molar-refractivity contribution in [2.45, 2.75) is 0 Å². The van der Waals surface area contributed by atoms with Gasteiger partial charge in [-0.1, -0.05) is 33.6 Å². The van der Waals surface area contributed by atoms with Gasteiger partial charge in [0.2, 0.25) is 0 Å². The standard InChI is InChI=1S/C23H19BrClN3O4/c1-31-21-10-7-16(24)11-20(21)23(30)28-26-13-15-5-8-19(9-6-15)32-14-22(29)27-18-4-2-3-17(25)12-18/h2-13H,14H2,1H3,(H,27,29)(H,28,30)/b26-13-. The van der Waals surface area contributed by atoms with Crippen molar-refractivity contribution in [3.63, 3.8) is 0 Å². The maximum atomic E-state index is 12.3. The Morgan fingerprint density at radius 2 is 1.88 bits per heavy atom. The van der Waals surface area contributed by atoms with E-state index in [4.69, 9.17) is 21.1 Å². The number of carbonyl (C=O) groups is 2. The lowest BCUT2D eigenvalue weighted by atomic mass is 10.2. The zero-order valence-electron chi connectivity index (χ0n) is 17.0. The quantitative estimate of drug-likeness (QED) is 0.329. The Hall–Kier alpha value is -3.36. The van der Waals surface area contributed by atoms with Crippen LogP contribution in [0.2, 0.25) is 5.02 Å². The molecule has 2 amide bonds. The van der Waals surface area contributed by atoms with Gasteiger partial charge in [0.05, 0.1) is 18.9 Å². The van der Waals surface area contributed by atoms with Gasteiger partial charge in [0.1, 0.15) is 11.5 Å². The molecule has 0 atom stereocenters. The summed E-state index contributed by atoms with van der Waals surface area (Å²) in [4.78, 5) is 24.3. The van der Waals surface area contributed by atoms with Gasteiger partial charge in [0.15, 0.2) is 6.61 Å². The molecule has 0 unspecified atom stereocenters. The summed E-state index contributed by atoms with van der Waals surface area (Å²) >= 11 is 9.23. The van der Waals surface area contributed by atoms with Crippen molar-refractivity contribution in [2.75, 3.05) is 19.0 Å². The summed E-state index contributed by atoms with van der Waals surface area (Å²) in [6.45, 7) is -0.148. The topological polar surface area (TPSA) is 89.0 Å². The Kier molecular flexibility index (Phi) is 8.24. The number of nitrogens with one attached hydrogen (secondary N) is 2. The number of methoxy groups -OCH3 is 1. The molecule has 0 bridgehead atoms. The number of carbonyl (C=O) groups excluding carboxylic acids is 2. The van der Waals surface area contributed by atoms with Gasteiger partial charge in [-0.2, -0.15) is 5.10 Å². The Bertz CT molecular complexity index is 1140. The van der Waals surface area contributed by atoms with Gasteiger partial charge in [0.25, 0.3) is 11.8 Å². The molecular weight excluding hydrogens is 498 g/mol. The highest BCUT2D eigenvalue weighted by Crippen LogP contribution is 2.22. The lowest BCUT2D eigenvalue weighted by Crippen LogP contribution is -2.20. The van der Waals surface area contributed by atoms with E-state index in [0.717, 1.165) is 10.0 Å². The van der Waals surface area contributed by atoms with Crippen molar-refractivity contribution in [1.29, 1.82) is 0 Å². The third-order valence-corrected chi connectivity index (χ3v) is 4.87. The fourth-order valence-corrected chi connectivity index (χ4v) is 3.20. The molecule has 0 aliphatic rings. The summed E-state index contributed by atoms with van der Waals surface area (Å²) in [5, 5.41) is 7.21. The first-order valence-corrected chi connectivity index (χ1v) is 10.6. The van der Waals surface area contributed by atoms with E-state index in [1.807, 2.05) is 0 Å². The summed E-state index contributed by atoms with van der Waals surface area (Å²) in [5.41, 5.74) is 4.16. The molecule has 3 aromatic carbocycles. The van der Waals surface area contributed by atoms with E-state index in [1.165, 1.54) is 13.3 Å². The number of halogens is 2. The van der Waals surface area contributed by atoms with Gasteiger partial charge in [-0.05, 0) is 66.2 Å². The second-order valence-electron chi connectivity index (χ2n) is 6.46. The molecule has 0 saturated heterocycles. The van der Waals surface area contributed by atoms with E-state index in [-0.39, 0.29) is 12.5 Å². The molecule has 0 spiro atoms. The van der Waals surface area contributed by atoms with E-state index in [0.29, 0.717) is 27.8 Å². The van der Waals surface area contributed by atoms with Gasteiger partial charge in [0, 0.05) is 15.2 Å². The maximum absolute atomic E-state index is 12.3. The first-order chi connectivity index (χ1) is 15.4. The number of nitrogens with zero attached hydrogens (tertiary/aromatic N) is 1. The second kappa shape index (κ2) is 11.3. The molecule has 2 N–H and O–H groups in total. The Morgan fingerprint density at radius 3 is 2.59 bits per heavy atom. The minimum Gasteiger partial charge on any atom is -0.496 e. The average molecular weight is 517 g/mol. The van der Waals surface area contributed by atoms with Gasteiger partial charge >= 0.3 is 0 Å². The van der Waals surface area contributed by atoms with Crippen molar-refractivity contribution >= 4 is 51.2 Å². The molecule has 164 valence electrons. The second-order valence-corrected chi connectivity index (χ2v) is 7.81. The number of ether oxygens (including phenoxy) is 2. The molecule has 0 saturated carbocycles. The van der Waals surface area contributed by atoms with Crippen LogP contribution in [-0.2, 0) is 4.79 Å². The maximum Gasteiger partial charge on any atom is 0.275 e. The van der Waals surface area contributed by atoms with Crippen LogP contribution in [0.1, 0.15) is 15.9 Å². The van der Waals surface area contributed by atoms with Crippen LogP contribution < -0.4 is 20.2 Å². The van der Waals surface area contributed by atoms with Crippen LogP contribution in [0.5, 0.6) is 11.5 Å². The molecule has 9 heteroatoms. The molecule has 0 heterocycles. The number of rotatable bonds is 8. The number of hydrogen-bond donors (Lipinski definition) is 2. The highest BCUT2D eigenvalue weighted by atomic mass is 79.9. The fourth-order valence-electron chi connectivity index (χ4n) is 2.65. The van der Waals surface area contributed by atoms with Crippen LogP contribution in [0, 0.1) is 0 Å². The summed E-state index contributed by atoms with van der Waals surface area (Å²) in [5.74, 6) is 0.266. The Labute approximate surface area is 198 Å². The van der Waals surface area contributed by atoms with E-state index < -0.39 is 5.91 Å². The van der Waals surface area contributed by atoms with Crippen LogP contribution in [0.25, 0.3) is 0 Å². The average Bonchev–Trinajstić information content (AvgIpc) is 2.78. The van der Waals surface area contributed by atoms with Crippen LogP contribution >= 0.6 is 27.5 Å². The fraction of sp³-hybridized carbons (Fsp3) is 0.0870. The third-order valence-electron chi connectivity index (χ3n) is 4.14. The molecule has 32 heavy (non-hydrogen) atoms. The Morgan fingerprint density at radius 1 is 1.09 bits per heavy atom. The highest BCUT2D eigenvalue weighted by molar-refractivity contribution is 9.10. The minimum absolute atomic E-state index is 0.148. The molecule has 7 nitrogen and oxygen atoms in total. The van der Waals surface area contributed by atoms with Crippen LogP contribution in [0.3, 0.4) is 0 Å². The SMILES string of the molecule is COc1ccc(Br)cc1C(=O)N/N=C\c1ccc(OCC(=O)Nc2cccc(Cl)c2)cc1. The predicted octanol–water partition coefficient (Wildman–Crippen LogP) is 4.89. The monoisotopic (exact) mass is 515 g/mol. The molecule has 3 rings (SSSR count). The lowest BCUT2D eigenvalue weighted by molar-refractivity contribution is -0.118. The number of benzene rings is 3. The van der Waals surface area contributed by atoms with Gasteiger partial charge in [-0.25, -0.2) is 5.43 Å². The summed E-state index contributed by atoms with van der Waals surface area (Å²) < 4.78 is 11.4. The number of hydrazone groups is 1. The van der Waals surface area contributed by atoms with Crippen LogP contribution in [-0.4, -0.2) is 31.7 Å². The Balaban J connectivity index is 1.50. The highest BCUT2D eigenvalue weighted by Gasteiger charge is 2.12. The van der Waals surface area contributed by atoms with Crippen molar-refractivity contribution < 1.29 is 19.1 Å². The molecule has 0 aliphatic carbocycles. The van der Waals surface area contributed by atoms with E-state index in [9.17, 15) is 9.59 Å². The molecule has 0 fully saturated rings. The van der Waals surface area contributed by atoms with Crippen LogP contribution in [0.15, 0.2) is 76.3 Å². The molecular formula is C23H19BrClN3O4. The zero-order valence-corrected chi connectivity index (χ0v) is 19.3. The van der Waals surface area contributed by atoms with Gasteiger partial charge < -0.3 is 14.8 Å². The lowest BCUT2D eigenvalue weighted by Gasteiger charge is -2.08. The van der Waals surface area contributed by atoms with Gasteiger partial charge in [-0.3, -0.25) is 9.59 Å². The summed E-state index contributed by atoms with van der Waals surface area (Å²) in [6.07, 6.45) is 1.50. The van der Waals surface area contributed by atoms with Crippen molar-refractivity contribution in [3.05, 3.63) is 87.4 Å². The summed E-state index contributed by atoms with van der Waals surface area (Å²) in [6, 6.07) is 18.9. The molecule has 3 aromatic rings. The predicted molar refractivity (Wildman–Crippen MR) is 128 cm³/mol. The normalized spacial score (nSPS) is 10.6.